The summed E-state index contributed by atoms with van der Waals surface area (Å²) in [5, 5.41) is 14.9. The van der Waals surface area contributed by atoms with Gasteiger partial charge in [-0.15, -0.1) is 0 Å². The number of hydrogen-bond donors (Lipinski definition) is 2. The fraction of sp³-hybridized carbons (Fsp3) is 0.105. The molecule has 0 aliphatic heterocycles. The first-order valence-electron chi connectivity index (χ1n) is 7.28. The van der Waals surface area contributed by atoms with Crippen LogP contribution in [0.3, 0.4) is 0 Å². The third kappa shape index (κ3) is 3.09. The smallest absolute Gasteiger partial charge is 0.255 e. The predicted octanol–water partition coefficient (Wildman–Crippen LogP) is 3.52. The largest absolute Gasteiger partial charge is 0.507 e. The average Bonchev–Trinajstić information content (AvgIpc) is 2.55. The van der Waals surface area contributed by atoms with Crippen LogP contribution in [-0.2, 0) is 6.42 Å². The molecule has 3 heteroatoms. The second-order valence-corrected chi connectivity index (χ2v) is 5.20. The Hall–Kier alpha value is -2.81. The molecule has 0 radical (unpaired) electrons. The van der Waals surface area contributed by atoms with E-state index in [4.69, 9.17) is 0 Å². The molecule has 3 nitrogen and oxygen atoms in total. The topological polar surface area (TPSA) is 49.3 Å². The number of phenolic OH excluding ortho intramolecular Hbond substituents is 1. The van der Waals surface area contributed by atoms with Crippen LogP contribution in [0, 0.1) is 0 Å². The third-order valence-electron chi connectivity index (χ3n) is 3.66. The van der Waals surface area contributed by atoms with Crippen LogP contribution in [0.5, 0.6) is 5.75 Å². The Kier molecular flexibility index (Phi) is 4.05. The third-order valence-corrected chi connectivity index (χ3v) is 3.66. The van der Waals surface area contributed by atoms with Gasteiger partial charge in [-0.3, -0.25) is 4.79 Å². The highest BCUT2D eigenvalue weighted by atomic mass is 16.3. The van der Waals surface area contributed by atoms with Gasteiger partial charge in [0.15, 0.2) is 0 Å². The Labute approximate surface area is 129 Å². The van der Waals surface area contributed by atoms with E-state index in [2.05, 4.69) is 35.6 Å². The number of phenols is 1. The highest BCUT2D eigenvalue weighted by Gasteiger charge is 2.09. The highest BCUT2D eigenvalue weighted by molar-refractivity contribution is 5.96. The maximum atomic E-state index is 12.0. The maximum absolute atomic E-state index is 12.0. The SMILES string of the molecule is O=C(NCCc1ccc2ccccc2c1)c1ccccc1O. The molecule has 0 fully saturated rings. The van der Waals surface area contributed by atoms with Crippen LogP contribution in [-0.4, -0.2) is 17.6 Å². The number of benzene rings is 3. The van der Waals surface area contributed by atoms with Crippen molar-refractivity contribution in [1.29, 1.82) is 0 Å². The van der Waals surface area contributed by atoms with E-state index >= 15 is 0 Å². The maximum Gasteiger partial charge on any atom is 0.255 e. The van der Waals surface area contributed by atoms with Crippen LogP contribution in [0.15, 0.2) is 66.7 Å². The van der Waals surface area contributed by atoms with E-state index in [9.17, 15) is 9.90 Å². The van der Waals surface area contributed by atoms with E-state index in [0.717, 1.165) is 6.42 Å². The van der Waals surface area contributed by atoms with Gasteiger partial charge in [-0.05, 0) is 34.9 Å². The van der Waals surface area contributed by atoms with Crippen molar-refractivity contribution in [2.75, 3.05) is 6.54 Å². The number of rotatable bonds is 4. The van der Waals surface area contributed by atoms with Crippen LogP contribution < -0.4 is 5.32 Å². The lowest BCUT2D eigenvalue weighted by molar-refractivity contribution is 0.0951. The van der Waals surface area contributed by atoms with Crippen LogP contribution >= 0.6 is 0 Å². The van der Waals surface area contributed by atoms with Crippen LogP contribution in [0.2, 0.25) is 0 Å². The van der Waals surface area contributed by atoms with Crippen molar-refractivity contribution in [2.24, 2.45) is 0 Å². The molecule has 0 aliphatic carbocycles. The molecular formula is C19H17NO2. The summed E-state index contributed by atoms with van der Waals surface area (Å²) in [4.78, 5) is 12.0. The number of para-hydroxylation sites is 1. The summed E-state index contributed by atoms with van der Waals surface area (Å²) in [5.41, 5.74) is 1.48. The minimum absolute atomic E-state index is 0.00528. The Morgan fingerprint density at radius 3 is 2.45 bits per heavy atom. The molecule has 0 heterocycles. The number of carbonyl (C=O) groups is 1. The zero-order valence-electron chi connectivity index (χ0n) is 12.1. The van der Waals surface area contributed by atoms with Gasteiger partial charge in [0.1, 0.15) is 5.75 Å². The fourth-order valence-electron chi connectivity index (χ4n) is 2.48. The number of hydrogen-bond acceptors (Lipinski definition) is 2. The molecule has 0 saturated carbocycles. The van der Waals surface area contributed by atoms with Gasteiger partial charge >= 0.3 is 0 Å². The van der Waals surface area contributed by atoms with Gasteiger partial charge in [0.05, 0.1) is 5.56 Å². The lowest BCUT2D eigenvalue weighted by Gasteiger charge is -2.07. The van der Waals surface area contributed by atoms with Gasteiger partial charge in [-0.25, -0.2) is 0 Å². The van der Waals surface area contributed by atoms with E-state index in [1.54, 1.807) is 18.2 Å². The summed E-state index contributed by atoms with van der Waals surface area (Å²) in [5.74, 6) is -0.246. The number of aromatic hydroxyl groups is 1. The van der Waals surface area contributed by atoms with Gasteiger partial charge < -0.3 is 10.4 Å². The van der Waals surface area contributed by atoms with Gasteiger partial charge in [0, 0.05) is 6.54 Å². The van der Waals surface area contributed by atoms with Crippen LogP contribution in [0.1, 0.15) is 15.9 Å². The molecule has 3 aromatic rings. The summed E-state index contributed by atoms with van der Waals surface area (Å²) in [6.07, 6.45) is 0.754. The highest BCUT2D eigenvalue weighted by Crippen LogP contribution is 2.17. The molecule has 3 rings (SSSR count). The van der Waals surface area contributed by atoms with Crippen molar-refractivity contribution in [3.05, 3.63) is 77.9 Å². The summed E-state index contributed by atoms with van der Waals surface area (Å²) in [6.45, 7) is 0.533. The first-order valence-corrected chi connectivity index (χ1v) is 7.28. The molecule has 3 aromatic carbocycles. The average molecular weight is 291 g/mol. The Bertz CT molecular complexity index is 811. The number of fused-ring (bicyclic) bond motifs is 1. The van der Waals surface area contributed by atoms with Crippen LogP contribution in [0.25, 0.3) is 10.8 Å². The van der Waals surface area contributed by atoms with E-state index in [1.165, 1.54) is 22.4 Å². The lowest BCUT2D eigenvalue weighted by atomic mass is 10.1. The lowest BCUT2D eigenvalue weighted by Crippen LogP contribution is -2.25. The quantitative estimate of drug-likeness (QED) is 0.772. The normalized spacial score (nSPS) is 10.5. The van der Waals surface area contributed by atoms with Crippen molar-refractivity contribution >= 4 is 16.7 Å². The van der Waals surface area contributed by atoms with Crippen molar-refractivity contribution < 1.29 is 9.90 Å². The molecule has 0 unspecified atom stereocenters. The molecule has 22 heavy (non-hydrogen) atoms. The Morgan fingerprint density at radius 1 is 0.909 bits per heavy atom. The summed E-state index contributed by atoms with van der Waals surface area (Å²) in [7, 11) is 0. The molecule has 0 spiro atoms. The fourth-order valence-corrected chi connectivity index (χ4v) is 2.48. The monoisotopic (exact) mass is 291 g/mol. The van der Waals surface area contributed by atoms with Crippen LogP contribution in [0.4, 0.5) is 0 Å². The van der Waals surface area contributed by atoms with E-state index in [-0.39, 0.29) is 11.7 Å². The Balaban J connectivity index is 1.62. The predicted molar refractivity (Wildman–Crippen MR) is 88.1 cm³/mol. The van der Waals surface area contributed by atoms with E-state index in [0.29, 0.717) is 12.1 Å². The minimum atomic E-state index is -0.251. The first-order chi connectivity index (χ1) is 10.7. The minimum Gasteiger partial charge on any atom is -0.507 e. The molecule has 1 amide bonds. The number of nitrogens with one attached hydrogen (secondary N) is 1. The Morgan fingerprint density at radius 2 is 1.64 bits per heavy atom. The molecule has 110 valence electrons. The molecule has 2 N–H and O–H groups in total. The van der Waals surface area contributed by atoms with Gasteiger partial charge in [-0.2, -0.15) is 0 Å². The second-order valence-electron chi connectivity index (χ2n) is 5.20. The van der Waals surface area contributed by atoms with Gasteiger partial charge in [-0.1, -0.05) is 54.6 Å². The van der Waals surface area contributed by atoms with Crippen molar-refractivity contribution in [2.45, 2.75) is 6.42 Å². The van der Waals surface area contributed by atoms with Gasteiger partial charge in [0.2, 0.25) is 0 Å². The number of carbonyl (C=O) groups excluding carboxylic acids is 1. The van der Waals surface area contributed by atoms with E-state index < -0.39 is 0 Å². The summed E-state index contributed by atoms with van der Waals surface area (Å²) in [6, 6.07) is 21.1. The van der Waals surface area contributed by atoms with Gasteiger partial charge in [0.25, 0.3) is 5.91 Å². The summed E-state index contributed by atoms with van der Waals surface area (Å²) >= 11 is 0. The molecular weight excluding hydrogens is 274 g/mol. The standard InChI is InChI=1S/C19H17NO2/c21-18-8-4-3-7-17(18)19(22)20-12-11-14-9-10-15-5-1-2-6-16(15)13-14/h1-10,13,21H,11-12H2,(H,20,22). The van der Waals surface area contributed by atoms with Crippen molar-refractivity contribution in [1.82, 2.24) is 5.32 Å². The summed E-state index contributed by atoms with van der Waals surface area (Å²) < 4.78 is 0. The number of amides is 1. The first kappa shape index (κ1) is 14.1. The van der Waals surface area contributed by atoms with Crippen molar-refractivity contribution in [3.8, 4) is 5.75 Å². The molecule has 0 aliphatic rings. The van der Waals surface area contributed by atoms with E-state index in [1.807, 2.05) is 12.1 Å². The zero-order chi connectivity index (χ0) is 15.4. The molecule has 0 bridgehead atoms. The van der Waals surface area contributed by atoms with Crippen molar-refractivity contribution in [3.63, 3.8) is 0 Å². The molecule has 0 atom stereocenters. The molecule has 0 aromatic heterocycles. The second kappa shape index (κ2) is 6.31. The molecule has 0 saturated heterocycles. The zero-order valence-corrected chi connectivity index (χ0v) is 12.1.